The van der Waals surface area contributed by atoms with Crippen molar-refractivity contribution in [1.29, 1.82) is 0 Å². The Bertz CT molecular complexity index is 1180. The molecule has 0 spiro atoms. The SMILES string of the molecule is Cc1ccc(C(=O)OCC(=O)c2cc(C)n(CC3COc4ccccc4O3)c2C)c(O)c1. The van der Waals surface area contributed by atoms with Gasteiger partial charge in [-0.25, -0.2) is 4.79 Å². The van der Waals surface area contributed by atoms with Gasteiger partial charge in [-0.05, 0) is 56.7 Å². The molecule has 1 atom stereocenters. The van der Waals surface area contributed by atoms with Gasteiger partial charge in [0.2, 0.25) is 5.78 Å². The highest BCUT2D eigenvalue weighted by atomic mass is 16.6. The molecule has 0 radical (unpaired) electrons. The third kappa shape index (κ3) is 4.32. The summed E-state index contributed by atoms with van der Waals surface area (Å²) < 4.78 is 19.0. The number of carbonyl (C=O) groups is 2. The summed E-state index contributed by atoms with van der Waals surface area (Å²) in [6.45, 7) is 6.10. The summed E-state index contributed by atoms with van der Waals surface area (Å²) in [6, 6.07) is 14.0. The first-order valence-corrected chi connectivity index (χ1v) is 10.4. The van der Waals surface area contributed by atoms with Crippen molar-refractivity contribution >= 4 is 11.8 Å². The summed E-state index contributed by atoms with van der Waals surface area (Å²) in [7, 11) is 0. The van der Waals surface area contributed by atoms with E-state index in [-0.39, 0.29) is 23.2 Å². The van der Waals surface area contributed by atoms with Crippen LogP contribution >= 0.6 is 0 Å². The summed E-state index contributed by atoms with van der Waals surface area (Å²) in [5.74, 6) is 0.208. The van der Waals surface area contributed by atoms with Crippen molar-refractivity contribution in [3.05, 3.63) is 76.6 Å². The van der Waals surface area contributed by atoms with Crippen molar-refractivity contribution in [2.45, 2.75) is 33.4 Å². The van der Waals surface area contributed by atoms with E-state index < -0.39 is 12.6 Å². The predicted molar refractivity (Wildman–Crippen MR) is 118 cm³/mol. The lowest BCUT2D eigenvalue weighted by molar-refractivity contribution is 0.0471. The van der Waals surface area contributed by atoms with Crippen molar-refractivity contribution in [3.63, 3.8) is 0 Å². The molecule has 1 aromatic heterocycles. The van der Waals surface area contributed by atoms with Crippen LogP contribution < -0.4 is 9.47 Å². The molecule has 3 aromatic rings. The lowest BCUT2D eigenvalue weighted by Crippen LogP contribution is -2.33. The second-order valence-corrected chi connectivity index (χ2v) is 7.91. The first-order valence-electron chi connectivity index (χ1n) is 10.4. The number of fused-ring (bicyclic) bond motifs is 1. The fourth-order valence-electron chi connectivity index (χ4n) is 3.82. The van der Waals surface area contributed by atoms with Gasteiger partial charge in [0.15, 0.2) is 24.2 Å². The number of phenolic OH excluding ortho intramolecular Hbond substituents is 1. The van der Waals surface area contributed by atoms with Gasteiger partial charge < -0.3 is 23.9 Å². The molecule has 4 rings (SSSR count). The number of hydrogen-bond donors (Lipinski definition) is 1. The lowest BCUT2D eigenvalue weighted by Gasteiger charge is -2.27. The van der Waals surface area contributed by atoms with E-state index in [2.05, 4.69) is 0 Å². The molecule has 0 aliphatic carbocycles. The summed E-state index contributed by atoms with van der Waals surface area (Å²) >= 11 is 0. The predicted octanol–water partition coefficient (Wildman–Crippen LogP) is 4.00. The molecular formula is C25H25NO6. The Morgan fingerprint density at radius 1 is 1.06 bits per heavy atom. The molecule has 2 heterocycles. The lowest BCUT2D eigenvalue weighted by atomic mass is 10.1. The highest BCUT2D eigenvalue weighted by Crippen LogP contribution is 2.31. The summed E-state index contributed by atoms with van der Waals surface area (Å²) in [4.78, 5) is 25.0. The number of benzene rings is 2. The fourth-order valence-corrected chi connectivity index (χ4v) is 3.82. The number of aromatic nitrogens is 1. The third-order valence-corrected chi connectivity index (χ3v) is 5.54. The van der Waals surface area contributed by atoms with Crippen molar-refractivity contribution in [3.8, 4) is 17.2 Å². The molecule has 0 saturated heterocycles. The summed E-state index contributed by atoms with van der Waals surface area (Å²) in [6.07, 6.45) is -0.194. The zero-order valence-electron chi connectivity index (χ0n) is 18.3. The minimum atomic E-state index is -0.740. The molecule has 1 aliphatic rings. The number of hydrogen-bond acceptors (Lipinski definition) is 6. The van der Waals surface area contributed by atoms with E-state index >= 15 is 0 Å². The van der Waals surface area contributed by atoms with E-state index in [1.54, 1.807) is 19.1 Å². The fraction of sp³-hybridized carbons (Fsp3) is 0.280. The Morgan fingerprint density at radius 2 is 1.81 bits per heavy atom. The highest BCUT2D eigenvalue weighted by molar-refractivity contribution is 6.01. The molecule has 1 aliphatic heterocycles. The van der Waals surface area contributed by atoms with E-state index in [1.807, 2.05) is 42.7 Å². The van der Waals surface area contributed by atoms with Gasteiger partial charge in [0.25, 0.3) is 0 Å². The second-order valence-electron chi connectivity index (χ2n) is 7.91. The van der Waals surface area contributed by atoms with Gasteiger partial charge in [-0.2, -0.15) is 0 Å². The minimum absolute atomic E-state index is 0.0311. The molecule has 0 fully saturated rings. The Labute approximate surface area is 186 Å². The van der Waals surface area contributed by atoms with E-state index in [9.17, 15) is 14.7 Å². The number of nitrogens with zero attached hydrogens (tertiary/aromatic N) is 1. The van der Waals surface area contributed by atoms with Crippen molar-refractivity contribution in [2.75, 3.05) is 13.2 Å². The molecule has 1 N–H and O–H groups in total. The Balaban J connectivity index is 1.42. The zero-order chi connectivity index (χ0) is 22.8. The van der Waals surface area contributed by atoms with Crippen LogP contribution in [0.3, 0.4) is 0 Å². The number of esters is 1. The van der Waals surface area contributed by atoms with Crippen LogP contribution in [0.4, 0.5) is 0 Å². The number of rotatable bonds is 6. The smallest absolute Gasteiger partial charge is 0.342 e. The zero-order valence-corrected chi connectivity index (χ0v) is 18.3. The quantitative estimate of drug-likeness (QED) is 0.465. The van der Waals surface area contributed by atoms with Crippen LogP contribution in [0.1, 0.15) is 37.7 Å². The van der Waals surface area contributed by atoms with Gasteiger partial charge in [-0.15, -0.1) is 0 Å². The first-order chi connectivity index (χ1) is 15.3. The van der Waals surface area contributed by atoms with Crippen molar-refractivity contribution in [2.24, 2.45) is 0 Å². The van der Waals surface area contributed by atoms with Crippen LogP contribution in [0.5, 0.6) is 17.2 Å². The molecule has 7 nitrogen and oxygen atoms in total. The summed E-state index contributed by atoms with van der Waals surface area (Å²) in [5.41, 5.74) is 3.00. The first kappa shape index (κ1) is 21.5. The molecule has 0 amide bonds. The maximum Gasteiger partial charge on any atom is 0.342 e. The summed E-state index contributed by atoms with van der Waals surface area (Å²) in [5, 5.41) is 9.93. The molecule has 1 unspecified atom stereocenters. The van der Waals surface area contributed by atoms with E-state index in [0.717, 1.165) is 22.7 Å². The number of aromatic hydroxyl groups is 1. The molecule has 0 saturated carbocycles. The average Bonchev–Trinajstić information content (AvgIpc) is 3.05. The van der Waals surface area contributed by atoms with Gasteiger partial charge in [0, 0.05) is 17.0 Å². The number of ether oxygens (including phenoxy) is 3. The number of ketones is 1. The maximum atomic E-state index is 12.8. The van der Waals surface area contributed by atoms with Gasteiger partial charge in [-0.1, -0.05) is 18.2 Å². The Morgan fingerprint density at radius 3 is 2.56 bits per heavy atom. The Kier molecular flexibility index (Phi) is 5.90. The molecule has 2 aromatic carbocycles. The van der Waals surface area contributed by atoms with Crippen LogP contribution in [0.15, 0.2) is 48.5 Å². The monoisotopic (exact) mass is 435 g/mol. The van der Waals surface area contributed by atoms with Crippen LogP contribution in [0.25, 0.3) is 0 Å². The van der Waals surface area contributed by atoms with E-state index in [0.29, 0.717) is 24.5 Å². The van der Waals surface area contributed by atoms with Gasteiger partial charge in [0.05, 0.1) is 6.54 Å². The Hall–Kier alpha value is -3.74. The number of Topliss-reactive ketones (excluding diaryl/α,β-unsaturated/α-hetero) is 1. The third-order valence-electron chi connectivity index (χ3n) is 5.54. The van der Waals surface area contributed by atoms with Crippen molar-refractivity contribution < 1.29 is 28.9 Å². The van der Waals surface area contributed by atoms with Gasteiger partial charge in [-0.3, -0.25) is 4.79 Å². The minimum Gasteiger partial charge on any atom is -0.507 e. The molecular weight excluding hydrogens is 410 g/mol. The number of carbonyl (C=O) groups excluding carboxylic acids is 2. The number of phenols is 1. The van der Waals surface area contributed by atoms with Crippen LogP contribution in [-0.2, 0) is 11.3 Å². The normalized spacial score (nSPS) is 14.8. The average molecular weight is 435 g/mol. The standard InChI is InChI=1S/C25H25NO6/c1-15-8-9-19(21(27)10-15)25(29)31-14-22(28)20-11-16(2)26(17(20)3)12-18-13-30-23-6-4-5-7-24(23)32-18/h4-11,18,27H,12-14H2,1-3H3. The van der Waals surface area contributed by atoms with Crippen molar-refractivity contribution in [1.82, 2.24) is 4.57 Å². The van der Waals surface area contributed by atoms with Crippen LogP contribution in [0.2, 0.25) is 0 Å². The molecule has 0 bridgehead atoms. The number of para-hydroxylation sites is 2. The largest absolute Gasteiger partial charge is 0.507 e. The highest BCUT2D eigenvalue weighted by Gasteiger charge is 2.24. The molecule has 32 heavy (non-hydrogen) atoms. The van der Waals surface area contributed by atoms with Crippen LogP contribution in [-0.4, -0.2) is 40.7 Å². The van der Waals surface area contributed by atoms with Crippen LogP contribution in [0, 0.1) is 20.8 Å². The topological polar surface area (TPSA) is 87.0 Å². The van der Waals surface area contributed by atoms with E-state index in [1.165, 1.54) is 12.1 Å². The number of aryl methyl sites for hydroxylation is 2. The van der Waals surface area contributed by atoms with E-state index in [4.69, 9.17) is 14.2 Å². The second kappa shape index (κ2) is 8.78. The maximum absolute atomic E-state index is 12.8. The molecule has 166 valence electrons. The van der Waals surface area contributed by atoms with Gasteiger partial charge in [0.1, 0.15) is 17.9 Å². The molecule has 7 heteroatoms. The van der Waals surface area contributed by atoms with Gasteiger partial charge >= 0.3 is 5.97 Å².